The van der Waals surface area contributed by atoms with Crippen molar-refractivity contribution < 1.29 is 5.11 Å². The van der Waals surface area contributed by atoms with E-state index in [-0.39, 0.29) is 24.8 Å². The van der Waals surface area contributed by atoms with Crippen LogP contribution in [0.2, 0.25) is 0 Å². The molecule has 4 heterocycles. The molecule has 5 rings (SSSR count). The molecule has 30 heavy (non-hydrogen) atoms. The molecule has 0 spiro atoms. The van der Waals surface area contributed by atoms with Crippen LogP contribution in [0.15, 0.2) is 35.1 Å². The zero-order chi connectivity index (χ0) is 20.7. The van der Waals surface area contributed by atoms with Crippen molar-refractivity contribution >= 4 is 16.7 Å². The monoisotopic (exact) mass is 406 g/mol. The van der Waals surface area contributed by atoms with Crippen molar-refractivity contribution in [2.45, 2.75) is 38.4 Å². The minimum atomic E-state index is -0.107. The van der Waals surface area contributed by atoms with E-state index in [1.54, 1.807) is 10.6 Å². The van der Waals surface area contributed by atoms with E-state index >= 15 is 0 Å². The average Bonchev–Trinajstić information content (AvgIpc) is 3.25. The van der Waals surface area contributed by atoms with E-state index in [1.807, 2.05) is 18.2 Å². The highest BCUT2D eigenvalue weighted by Gasteiger charge is 2.32. The fourth-order valence-corrected chi connectivity index (χ4v) is 4.66. The maximum atomic E-state index is 13.1. The van der Waals surface area contributed by atoms with Gasteiger partial charge < -0.3 is 14.9 Å². The number of fused-ring (bicyclic) bond motifs is 2. The second-order valence-electron chi connectivity index (χ2n) is 8.18. The first-order valence-corrected chi connectivity index (χ1v) is 10.6. The summed E-state index contributed by atoms with van der Waals surface area (Å²) in [6.45, 7) is 2.85. The molecule has 0 amide bonds. The minimum Gasteiger partial charge on any atom is -0.395 e. The molecule has 156 valence electrons. The Morgan fingerprint density at radius 3 is 2.93 bits per heavy atom. The minimum absolute atomic E-state index is 0.0671. The first-order valence-electron chi connectivity index (χ1n) is 10.6. The van der Waals surface area contributed by atoms with E-state index < -0.39 is 0 Å². The number of benzene rings is 1. The smallest absolute Gasteiger partial charge is 0.261 e. The highest BCUT2D eigenvalue weighted by molar-refractivity contribution is 5.77. The Kier molecular flexibility index (Phi) is 4.96. The van der Waals surface area contributed by atoms with Crippen LogP contribution in [-0.2, 0) is 19.5 Å². The van der Waals surface area contributed by atoms with Crippen LogP contribution in [0, 0.1) is 0 Å². The van der Waals surface area contributed by atoms with Gasteiger partial charge in [-0.05, 0) is 43.7 Å². The fourth-order valence-electron chi connectivity index (χ4n) is 4.66. The third kappa shape index (κ3) is 3.26. The standard InChI is InChI=1S/C22H26N6O2/c1-26-10-8-17-15(14-26)13-20(25-24-17)27-9-4-7-19(27)21-23-18-6-3-2-5-16(18)22(30)28(21)11-12-29/h2-3,5-6,13,19,29H,4,7-12,14H2,1H3. The first kappa shape index (κ1) is 19.1. The number of nitrogens with zero attached hydrogens (tertiary/aromatic N) is 6. The molecule has 8 nitrogen and oxygen atoms in total. The zero-order valence-electron chi connectivity index (χ0n) is 17.2. The average molecular weight is 406 g/mol. The van der Waals surface area contributed by atoms with Crippen LogP contribution in [0.1, 0.15) is 36.0 Å². The summed E-state index contributed by atoms with van der Waals surface area (Å²) < 4.78 is 1.63. The van der Waals surface area contributed by atoms with Crippen LogP contribution in [0.25, 0.3) is 10.9 Å². The molecule has 1 saturated heterocycles. The summed E-state index contributed by atoms with van der Waals surface area (Å²) in [6.07, 6.45) is 2.80. The molecule has 0 bridgehead atoms. The second kappa shape index (κ2) is 7.77. The molecule has 8 heteroatoms. The Hall–Kier alpha value is -2.84. The molecule has 2 aliphatic heterocycles. The van der Waals surface area contributed by atoms with E-state index in [0.717, 1.165) is 50.4 Å². The molecule has 1 atom stereocenters. The lowest BCUT2D eigenvalue weighted by molar-refractivity contribution is 0.270. The first-order chi connectivity index (χ1) is 14.7. The van der Waals surface area contributed by atoms with Crippen LogP contribution in [0.5, 0.6) is 0 Å². The summed E-state index contributed by atoms with van der Waals surface area (Å²) in [4.78, 5) is 22.5. The van der Waals surface area contributed by atoms with Gasteiger partial charge in [0.2, 0.25) is 0 Å². The Balaban J connectivity index is 1.59. The Morgan fingerprint density at radius 1 is 1.20 bits per heavy atom. The number of anilines is 1. The van der Waals surface area contributed by atoms with Crippen molar-refractivity contribution in [3.8, 4) is 0 Å². The van der Waals surface area contributed by atoms with Gasteiger partial charge in [-0.1, -0.05) is 12.1 Å². The topological polar surface area (TPSA) is 87.4 Å². The van der Waals surface area contributed by atoms with Gasteiger partial charge in [0.05, 0.1) is 35.8 Å². The summed E-state index contributed by atoms with van der Waals surface area (Å²) in [5, 5.41) is 19.2. The van der Waals surface area contributed by atoms with Crippen molar-refractivity contribution in [2.24, 2.45) is 0 Å². The summed E-state index contributed by atoms with van der Waals surface area (Å²) in [6, 6.07) is 9.48. The summed E-state index contributed by atoms with van der Waals surface area (Å²) in [5.74, 6) is 1.53. The lowest BCUT2D eigenvalue weighted by atomic mass is 10.1. The Morgan fingerprint density at radius 2 is 2.07 bits per heavy atom. The van der Waals surface area contributed by atoms with Gasteiger partial charge in [0.15, 0.2) is 5.82 Å². The molecular formula is C22H26N6O2. The third-order valence-corrected chi connectivity index (χ3v) is 6.18. The van der Waals surface area contributed by atoms with E-state index in [9.17, 15) is 9.90 Å². The maximum Gasteiger partial charge on any atom is 0.261 e. The molecule has 1 aromatic carbocycles. The summed E-state index contributed by atoms with van der Waals surface area (Å²) in [7, 11) is 2.12. The fraction of sp³-hybridized carbons (Fsp3) is 0.455. The van der Waals surface area contributed by atoms with Gasteiger partial charge in [-0.15, -0.1) is 5.10 Å². The van der Waals surface area contributed by atoms with Crippen LogP contribution in [0.4, 0.5) is 5.82 Å². The summed E-state index contributed by atoms with van der Waals surface area (Å²) in [5.41, 5.74) is 2.89. The number of hydrogen-bond acceptors (Lipinski definition) is 7. The Bertz CT molecular complexity index is 1140. The SMILES string of the molecule is CN1CCc2nnc(N3CCCC3c3nc4ccccc4c(=O)n3CCO)cc2C1. The lowest BCUT2D eigenvalue weighted by Crippen LogP contribution is -2.34. The third-order valence-electron chi connectivity index (χ3n) is 6.18. The van der Waals surface area contributed by atoms with Crippen LogP contribution in [0.3, 0.4) is 0 Å². The van der Waals surface area contributed by atoms with Gasteiger partial charge in [-0.2, -0.15) is 5.10 Å². The number of rotatable bonds is 4. The Labute approximate surface area is 174 Å². The van der Waals surface area contributed by atoms with E-state index in [2.05, 4.69) is 33.1 Å². The van der Waals surface area contributed by atoms with E-state index in [1.165, 1.54) is 5.56 Å². The highest BCUT2D eigenvalue weighted by Crippen LogP contribution is 2.35. The molecule has 3 aromatic rings. The molecular weight excluding hydrogens is 380 g/mol. The van der Waals surface area contributed by atoms with Crippen molar-refractivity contribution in [3.05, 3.63) is 57.8 Å². The largest absolute Gasteiger partial charge is 0.395 e. The number of aliphatic hydroxyl groups excluding tert-OH is 1. The quantitative estimate of drug-likeness (QED) is 0.703. The van der Waals surface area contributed by atoms with Crippen molar-refractivity contribution in [1.29, 1.82) is 0 Å². The molecule has 2 aliphatic rings. The predicted molar refractivity (Wildman–Crippen MR) is 114 cm³/mol. The second-order valence-corrected chi connectivity index (χ2v) is 8.18. The van der Waals surface area contributed by atoms with Crippen molar-refractivity contribution in [1.82, 2.24) is 24.6 Å². The van der Waals surface area contributed by atoms with Gasteiger partial charge in [-0.3, -0.25) is 9.36 Å². The van der Waals surface area contributed by atoms with Gasteiger partial charge >= 0.3 is 0 Å². The van der Waals surface area contributed by atoms with Gasteiger partial charge in [0.25, 0.3) is 5.56 Å². The van der Waals surface area contributed by atoms with Crippen molar-refractivity contribution in [3.63, 3.8) is 0 Å². The highest BCUT2D eigenvalue weighted by atomic mass is 16.3. The number of aromatic nitrogens is 4. The molecule has 2 aromatic heterocycles. The summed E-state index contributed by atoms with van der Waals surface area (Å²) >= 11 is 0. The molecule has 0 radical (unpaired) electrons. The normalized spacial score (nSPS) is 19.4. The number of hydrogen-bond donors (Lipinski definition) is 1. The number of likely N-dealkylation sites (N-methyl/N-ethyl adjacent to an activating group) is 1. The molecule has 0 saturated carbocycles. The molecule has 1 fully saturated rings. The predicted octanol–water partition coefficient (Wildman–Crippen LogP) is 1.51. The van der Waals surface area contributed by atoms with Crippen LogP contribution in [-0.4, -0.2) is 56.5 Å². The van der Waals surface area contributed by atoms with Crippen molar-refractivity contribution in [2.75, 3.05) is 31.6 Å². The van der Waals surface area contributed by atoms with Crippen LogP contribution < -0.4 is 10.5 Å². The molecule has 1 N–H and O–H groups in total. The number of aliphatic hydroxyl groups is 1. The van der Waals surface area contributed by atoms with Crippen LogP contribution >= 0.6 is 0 Å². The number of para-hydroxylation sites is 1. The van der Waals surface area contributed by atoms with Gasteiger partial charge in [0, 0.05) is 26.1 Å². The lowest BCUT2D eigenvalue weighted by Gasteiger charge is -2.29. The molecule has 1 unspecified atom stereocenters. The van der Waals surface area contributed by atoms with E-state index in [4.69, 9.17) is 4.98 Å². The van der Waals surface area contributed by atoms with Gasteiger partial charge in [0.1, 0.15) is 5.82 Å². The van der Waals surface area contributed by atoms with E-state index in [0.29, 0.717) is 16.7 Å². The van der Waals surface area contributed by atoms with Gasteiger partial charge in [-0.25, -0.2) is 4.98 Å². The molecule has 0 aliphatic carbocycles. The zero-order valence-corrected chi connectivity index (χ0v) is 17.2. The maximum absolute atomic E-state index is 13.1.